The highest BCUT2D eigenvalue weighted by Gasteiger charge is 2.29. The first-order chi connectivity index (χ1) is 9.72. The molecule has 2 rings (SSSR count). The molecule has 112 valence electrons. The molecule has 2 heteroatoms. The van der Waals surface area contributed by atoms with Crippen LogP contribution in [-0.2, 0) is 0 Å². The number of hydrogen-bond acceptors (Lipinski definition) is 1. The molecule has 2 unspecified atom stereocenters. The van der Waals surface area contributed by atoms with Gasteiger partial charge in [-0.05, 0) is 48.3 Å². The van der Waals surface area contributed by atoms with Gasteiger partial charge in [-0.25, -0.2) is 0 Å². The van der Waals surface area contributed by atoms with E-state index in [0.717, 1.165) is 5.92 Å². The molecular weight excluding hydrogens is 266 g/mol. The minimum Gasteiger partial charge on any atom is -0.265 e. The van der Waals surface area contributed by atoms with Crippen LogP contribution in [0.5, 0.6) is 0 Å². The molecule has 2 atom stereocenters. The summed E-state index contributed by atoms with van der Waals surface area (Å²) in [5.41, 5.74) is 1.33. The first-order valence-electron chi connectivity index (χ1n) is 8.26. The number of aromatic nitrogens is 1. The average molecular weight is 294 g/mol. The minimum absolute atomic E-state index is 0.268. The van der Waals surface area contributed by atoms with Crippen LogP contribution < -0.4 is 0 Å². The highest BCUT2D eigenvalue weighted by Crippen LogP contribution is 2.39. The molecule has 0 aromatic carbocycles. The fourth-order valence-electron chi connectivity index (χ4n) is 3.55. The van der Waals surface area contributed by atoms with Gasteiger partial charge in [-0.1, -0.05) is 46.0 Å². The molecule has 1 nitrogen and oxygen atoms in total. The monoisotopic (exact) mass is 293 g/mol. The Morgan fingerprint density at radius 1 is 1.20 bits per heavy atom. The third-order valence-corrected chi connectivity index (χ3v) is 5.75. The van der Waals surface area contributed by atoms with Crippen molar-refractivity contribution in [3.63, 3.8) is 0 Å². The number of unbranched alkanes of at least 4 members (excludes halogenated alkanes) is 1. The van der Waals surface area contributed by atoms with Crippen LogP contribution in [0.3, 0.4) is 0 Å². The van der Waals surface area contributed by atoms with Crippen LogP contribution in [0.1, 0.15) is 70.3 Å². The van der Waals surface area contributed by atoms with E-state index >= 15 is 0 Å². The molecule has 1 aromatic heterocycles. The smallest absolute Gasteiger partial charge is 0.0430 e. The quantitative estimate of drug-likeness (QED) is 0.605. The van der Waals surface area contributed by atoms with E-state index in [4.69, 9.17) is 11.6 Å². The van der Waals surface area contributed by atoms with E-state index in [1.165, 1.54) is 50.5 Å². The summed E-state index contributed by atoms with van der Waals surface area (Å²) in [5.74, 6) is 2.08. The van der Waals surface area contributed by atoms with Crippen molar-refractivity contribution in [1.29, 1.82) is 0 Å². The van der Waals surface area contributed by atoms with Gasteiger partial charge in [0.2, 0.25) is 0 Å². The molecule has 1 aliphatic carbocycles. The Morgan fingerprint density at radius 2 is 1.85 bits per heavy atom. The average Bonchev–Trinajstić information content (AvgIpc) is 2.53. The molecule has 0 bridgehead atoms. The van der Waals surface area contributed by atoms with Gasteiger partial charge in [-0.15, -0.1) is 11.6 Å². The third kappa shape index (κ3) is 4.22. The molecule has 0 spiro atoms. The van der Waals surface area contributed by atoms with Gasteiger partial charge in [-0.2, -0.15) is 0 Å². The summed E-state index contributed by atoms with van der Waals surface area (Å²) in [4.78, 5) is 4.10. The number of rotatable bonds is 6. The van der Waals surface area contributed by atoms with E-state index in [2.05, 4.69) is 31.0 Å². The number of nitrogens with zero attached hydrogens (tertiary/aromatic N) is 1. The van der Waals surface area contributed by atoms with E-state index in [0.29, 0.717) is 11.8 Å². The second-order valence-electron chi connectivity index (χ2n) is 6.44. The van der Waals surface area contributed by atoms with Crippen molar-refractivity contribution in [1.82, 2.24) is 4.98 Å². The number of hydrogen-bond donors (Lipinski definition) is 0. The molecule has 1 aliphatic rings. The lowest BCUT2D eigenvalue weighted by Crippen LogP contribution is -2.26. The van der Waals surface area contributed by atoms with Crippen molar-refractivity contribution >= 4 is 11.6 Å². The highest BCUT2D eigenvalue weighted by molar-refractivity contribution is 6.21. The zero-order valence-electron chi connectivity index (χ0n) is 12.9. The van der Waals surface area contributed by atoms with Gasteiger partial charge in [0, 0.05) is 17.8 Å². The molecule has 1 fully saturated rings. The van der Waals surface area contributed by atoms with Gasteiger partial charge in [0.05, 0.1) is 0 Å². The lowest BCUT2D eigenvalue weighted by molar-refractivity contribution is 0.245. The third-order valence-electron chi connectivity index (χ3n) is 5.02. The summed E-state index contributed by atoms with van der Waals surface area (Å²) in [6, 6.07) is 4.21. The number of halogens is 1. The van der Waals surface area contributed by atoms with Crippen LogP contribution in [0.25, 0.3) is 0 Å². The largest absolute Gasteiger partial charge is 0.265 e. The van der Waals surface area contributed by atoms with Crippen molar-refractivity contribution in [3.05, 3.63) is 30.1 Å². The second kappa shape index (κ2) is 8.02. The first kappa shape index (κ1) is 15.8. The number of alkyl halides is 1. The Bertz CT molecular complexity index is 370. The Kier molecular flexibility index (Phi) is 6.35. The van der Waals surface area contributed by atoms with Crippen molar-refractivity contribution < 1.29 is 0 Å². The van der Waals surface area contributed by atoms with Gasteiger partial charge < -0.3 is 0 Å². The standard InChI is InChI=1S/C18H28ClN/c1-3-4-5-15-6-8-17(9-7-15)18(19)14(2)16-10-12-20-13-11-16/h10-15,17-18H,3-9H2,1-2H3. The van der Waals surface area contributed by atoms with Crippen LogP contribution in [0.4, 0.5) is 0 Å². The predicted molar refractivity (Wildman–Crippen MR) is 87.3 cm³/mol. The van der Waals surface area contributed by atoms with E-state index in [1.54, 1.807) is 0 Å². The van der Waals surface area contributed by atoms with Crippen LogP contribution >= 0.6 is 11.6 Å². The Balaban J connectivity index is 1.84. The highest BCUT2D eigenvalue weighted by atomic mass is 35.5. The normalized spacial score (nSPS) is 26.1. The molecule has 0 amide bonds. The van der Waals surface area contributed by atoms with E-state index in [-0.39, 0.29) is 5.38 Å². The van der Waals surface area contributed by atoms with Crippen molar-refractivity contribution in [3.8, 4) is 0 Å². The fourth-order valence-corrected chi connectivity index (χ4v) is 3.94. The Labute approximate surface area is 129 Å². The van der Waals surface area contributed by atoms with Crippen molar-refractivity contribution in [2.24, 2.45) is 11.8 Å². The lowest BCUT2D eigenvalue weighted by atomic mass is 9.75. The molecule has 1 heterocycles. The molecule has 1 saturated carbocycles. The molecule has 0 aliphatic heterocycles. The predicted octanol–water partition coefficient (Wildman–Crippen LogP) is 5.79. The lowest BCUT2D eigenvalue weighted by Gasteiger charge is -2.34. The SMILES string of the molecule is CCCCC1CCC(C(Cl)C(C)c2ccncc2)CC1. The van der Waals surface area contributed by atoms with Crippen molar-refractivity contribution in [2.45, 2.75) is 70.1 Å². The van der Waals surface area contributed by atoms with E-state index < -0.39 is 0 Å². The minimum atomic E-state index is 0.268. The summed E-state index contributed by atoms with van der Waals surface area (Å²) in [6.45, 7) is 4.55. The van der Waals surface area contributed by atoms with E-state index in [9.17, 15) is 0 Å². The van der Waals surface area contributed by atoms with E-state index in [1.807, 2.05) is 12.4 Å². The van der Waals surface area contributed by atoms with Crippen LogP contribution in [0.2, 0.25) is 0 Å². The summed E-state index contributed by atoms with van der Waals surface area (Å²) < 4.78 is 0. The summed E-state index contributed by atoms with van der Waals surface area (Å²) in [6.07, 6.45) is 13.3. The summed E-state index contributed by atoms with van der Waals surface area (Å²) in [7, 11) is 0. The van der Waals surface area contributed by atoms with Crippen LogP contribution in [0, 0.1) is 11.8 Å². The molecule has 0 N–H and O–H groups in total. The zero-order valence-corrected chi connectivity index (χ0v) is 13.6. The molecule has 20 heavy (non-hydrogen) atoms. The topological polar surface area (TPSA) is 12.9 Å². The fraction of sp³-hybridized carbons (Fsp3) is 0.722. The molecule has 0 saturated heterocycles. The second-order valence-corrected chi connectivity index (χ2v) is 6.94. The van der Waals surface area contributed by atoms with Crippen LogP contribution in [0.15, 0.2) is 24.5 Å². The first-order valence-corrected chi connectivity index (χ1v) is 8.70. The molecule has 0 radical (unpaired) electrons. The maximum absolute atomic E-state index is 6.78. The van der Waals surface area contributed by atoms with Gasteiger partial charge in [0.25, 0.3) is 0 Å². The molecule has 1 aromatic rings. The Morgan fingerprint density at radius 3 is 2.45 bits per heavy atom. The summed E-state index contributed by atoms with van der Waals surface area (Å²) in [5, 5.41) is 0.268. The van der Waals surface area contributed by atoms with Gasteiger partial charge in [0.15, 0.2) is 0 Å². The van der Waals surface area contributed by atoms with Crippen LogP contribution in [-0.4, -0.2) is 10.4 Å². The maximum Gasteiger partial charge on any atom is 0.0430 e. The van der Waals surface area contributed by atoms with Gasteiger partial charge in [-0.3, -0.25) is 4.98 Å². The maximum atomic E-state index is 6.78. The molecular formula is C18H28ClN. The summed E-state index contributed by atoms with van der Waals surface area (Å²) >= 11 is 6.78. The zero-order chi connectivity index (χ0) is 14.4. The van der Waals surface area contributed by atoms with Crippen molar-refractivity contribution in [2.75, 3.05) is 0 Å². The van der Waals surface area contributed by atoms with Gasteiger partial charge >= 0.3 is 0 Å². The van der Waals surface area contributed by atoms with Gasteiger partial charge in [0.1, 0.15) is 0 Å². The Hall–Kier alpha value is -0.560. The number of pyridine rings is 1.